The second-order valence-corrected chi connectivity index (χ2v) is 5.07. The maximum absolute atomic E-state index is 13.1. The molecule has 1 saturated carbocycles. The Labute approximate surface area is 108 Å². The number of rotatable bonds is 3. The maximum Gasteiger partial charge on any atom is 0.341 e. The van der Waals surface area contributed by atoms with Crippen molar-refractivity contribution in [3.8, 4) is 0 Å². The molecule has 1 unspecified atom stereocenters. The molecule has 2 rings (SSSR count). The van der Waals surface area contributed by atoms with Gasteiger partial charge in [0, 0.05) is 25.1 Å². The molecule has 1 aromatic rings. The molecule has 1 aliphatic rings. The van der Waals surface area contributed by atoms with Crippen LogP contribution in [0.5, 0.6) is 0 Å². The summed E-state index contributed by atoms with van der Waals surface area (Å²) in [6, 6.07) is 2.78. The first kappa shape index (κ1) is 13.7. The third-order valence-corrected chi connectivity index (χ3v) is 3.57. The van der Waals surface area contributed by atoms with E-state index in [9.17, 15) is 18.4 Å². The molecule has 19 heavy (non-hydrogen) atoms. The third kappa shape index (κ3) is 2.83. The number of carboxylic acid groups (broad SMARTS) is 1. The molecule has 1 atom stereocenters. The lowest BCUT2D eigenvalue weighted by Crippen LogP contribution is -2.30. The van der Waals surface area contributed by atoms with Gasteiger partial charge in [-0.3, -0.25) is 4.79 Å². The van der Waals surface area contributed by atoms with E-state index in [0.29, 0.717) is 12.1 Å². The SMILES string of the molecule is Cc1ccc(C(=O)O)c(=O)n1CC1CCC(F)(F)C1. The average Bonchev–Trinajstić information content (AvgIpc) is 2.63. The van der Waals surface area contributed by atoms with Gasteiger partial charge in [-0.2, -0.15) is 0 Å². The van der Waals surface area contributed by atoms with Crippen LogP contribution in [0.25, 0.3) is 0 Å². The minimum Gasteiger partial charge on any atom is -0.477 e. The van der Waals surface area contributed by atoms with Gasteiger partial charge < -0.3 is 9.67 Å². The fraction of sp³-hybridized carbons (Fsp3) is 0.538. The molecule has 1 heterocycles. The van der Waals surface area contributed by atoms with Crippen molar-refractivity contribution in [3.63, 3.8) is 0 Å². The number of aromatic nitrogens is 1. The fourth-order valence-electron chi connectivity index (χ4n) is 2.52. The van der Waals surface area contributed by atoms with Crippen LogP contribution in [0.4, 0.5) is 8.78 Å². The minimum absolute atomic E-state index is 0.154. The molecule has 4 nitrogen and oxygen atoms in total. The van der Waals surface area contributed by atoms with Gasteiger partial charge in [0.15, 0.2) is 0 Å². The molecule has 1 aromatic heterocycles. The van der Waals surface area contributed by atoms with Gasteiger partial charge >= 0.3 is 5.97 Å². The predicted octanol–water partition coefficient (Wildman–Crippen LogP) is 2.29. The molecule has 104 valence electrons. The van der Waals surface area contributed by atoms with E-state index in [4.69, 9.17) is 5.11 Å². The molecule has 6 heteroatoms. The molecule has 0 radical (unpaired) electrons. The van der Waals surface area contributed by atoms with Crippen LogP contribution in [0.15, 0.2) is 16.9 Å². The highest BCUT2D eigenvalue weighted by atomic mass is 19.3. The van der Waals surface area contributed by atoms with Crippen molar-refractivity contribution >= 4 is 5.97 Å². The number of hydrogen-bond acceptors (Lipinski definition) is 2. The summed E-state index contributed by atoms with van der Waals surface area (Å²) in [5.41, 5.74) is -0.358. The predicted molar refractivity (Wildman–Crippen MR) is 64.7 cm³/mol. The lowest BCUT2D eigenvalue weighted by Gasteiger charge is -2.15. The maximum atomic E-state index is 13.1. The first-order valence-corrected chi connectivity index (χ1v) is 6.12. The van der Waals surface area contributed by atoms with Crippen molar-refractivity contribution in [2.24, 2.45) is 5.92 Å². The van der Waals surface area contributed by atoms with E-state index >= 15 is 0 Å². The van der Waals surface area contributed by atoms with Gasteiger partial charge in [-0.1, -0.05) is 0 Å². The topological polar surface area (TPSA) is 59.3 Å². The first-order chi connectivity index (χ1) is 8.80. The molecular weight excluding hydrogens is 256 g/mol. The molecule has 0 bridgehead atoms. The number of nitrogens with zero attached hydrogens (tertiary/aromatic N) is 1. The Morgan fingerprint density at radius 1 is 1.53 bits per heavy atom. The summed E-state index contributed by atoms with van der Waals surface area (Å²) in [5.74, 6) is -4.24. The minimum atomic E-state index is -2.66. The Hall–Kier alpha value is -1.72. The Kier molecular flexibility index (Phi) is 3.43. The Bertz CT molecular complexity index is 565. The molecule has 1 aliphatic carbocycles. The number of carboxylic acids is 1. The van der Waals surface area contributed by atoms with E-state index in [-0.39, 0.29) is 30.9 Å². The molecule has 0 aliphatic heterocycles. The van der Waals surface area contributed by atoms with Gasteiger partial charge in [0.05, 0.1) is 0 Å². The fourth-order valence-corrected chi connectivity index (χ4v) is 2.52. The van der Waals surface area contributed by atoms with Gasteiger partial charge in [0.25, 0.3) is 5.56 Å². The van der Waals surface area contributed by atoms with Crippen LogP contribution in [-0.2, 0) is 6.54 Å². The van der Waals surface area contributed by atoms with Crippen molar-refractivity contribution in [2.45, 2.75) is 38.7 Å². The van der Waals surface area contributed by atoms with Gasteiger partial charge in [-0.05, 0) is 31.4 Å². The van der Waals surface area contributed by atoms with Crippen molar-refractivity contribution in [1.82, 2.24) is 4.57 Å². The van der Waals surface area contributed by atoms with Crippen molar-refractivity contribution in [3.05, 3.63) is 33.7 Å². The molecule has 0 amide bonds. The van der Waals surface area contributed by atoms with E-state index in [1.165, 1.54) is 16.7 Å². The summed E-state index contributed by atoms with van der Waals surface area (Å²) in [6.07, 6.45) is -0.0452. The standard InChI is InChI=1S/C13H15F2NO3/c1-8-2-3-10(12(18)19)11(17)16(8)7-9-4-5-13(14,15)6-9/h2-3,9H,4-7H2,1H3,(H,18,19). The first-order valence-electron chi connectivity index (χ1n) is 6.12. The Balaban J connectivity index is 2.28. The largest absolute Gasteiger partial charge is 0.477 e. The van der Waals surface area contributed by atoms with E-state index in [1.807, 2.05) is 0 Å². The second-order valence-electron chi connectivity index (χ2n) is 5.07. The summed E-state index contributed by atoms with van der Waals surface area (Å²) in [4.78, 5) is 22.9. The lowest BCUT2D eigenvalue weighted by atomic mass is 10.1. The summed E-state index contributed by atoms with van der Waals surface area (Å²) < 4.78 is 27.5. The zero-order chi connectivity index (χ0) is 14.2. The lowest BCUT2D eigenvalue weighted by molar-refractivity contribution is 0.00426. The molecule has 1 N–H and O–H groups in total. The molecule has 1 fully saturated rings. The van der Waals surface area contributed by atoms with E-state index in [1.54, 1.807) is 6.92 Å². The van der Waals surface area contributed by atoms with Crippen LogP contribution in [-0.4, -0.2) is 21.6 Å². The number of aromatic carboxylic acids is 1. The van der Waals surface area contributed by atoms with Gasteiger partial charge in [-0.15, -0.1) is 0 Å². The molecular formula is C13H15F2NO3. The van der Waals surface area contributed by atoms with E-state index in [2.05, 4.69) is 0 Å². The van der Waals surface area contributed by atoms with Crippen LogP contribution >= 0.6 is 0 Å². The van der Waals surface area contributed by atoms with Crippen molar-refractivity contribution in [1.29, 1.82) is 0 Å². The van der Waals surface area contributed by atoms with Crippen LogP contribution in [0.1, 0.15) is 35.3 Å². The zero-order valence-corrected chi connectivity index (χ0v) is 10.5. The highest BCUT2D eigenvalue weighted by Crippen LogP contribution is 2.39. The van der Waals surface area contributed by atoms with E-state index in [0.717, 1.165) is 0 Å². The second kappa shape index (κ2) is 4.75. The number of pyridine rings is 1. The molecule has 0 saturated heterocycles. The molecule has 0 aromatic carbocycles. The average molecular weight is 271 g/mol. The number of hydrogen-bond donors (Lipinski definition) is 1. The Morgan fingerprint density at radius 3 is 2.74 bits per heavy atom. The number of halogens is 2. The van der Waals surface area contributed by atoms with Crippen LogP contribution in [0.2, 0.25) is 0 Å². The summed E-state index contributed by atoms with van der Waals surface area (Å²) in [5, 5.41) is 8.89. The smallest absolute Gasteiger partial charge is 0.341 e. The van der Waals surface area contributed by atoms with Crippen molar-refractivity contribution < 1.29 is 18.7 Å². The zero-order valence-electron chi connectivity index (χ0n) is 10.5. The van der Waals surface area contributed by atoms with E-state index < -0.39 is 17.5 Å². The normalized spacial score (nSPS) is 21.5. The monoisotopic (exact) mass is 271 g/mol. The van der Waals surface area contributed by atoms with Crippen LogP contribution in [0, 0.1) is 12.8 Å². The summed E-state index contributed by atoms with van der Waals surface area (Å²) in [7, 11) is 0. The van der Waals surface area contributed by atoms with Gasteiger partial charge in [0.2, 0.25) is 5.92 Å². The Morgan fingerprint density at radius 2 is 2.21 bits per heavy atom. The summed E-state index contributed by atoms with van der Waals surface area (Å²) in [6.45, 7) is 1.82. The number of alkyl halides is 2. The van der Waals surface area contributed by atoms with Crippen LogP contribution in [0.3, 0.4) is 0 Å². The van der Waals surface area contributed by atoms with Crippen molar-refractivity contribution in [2.75, 3.05) is 0 Å². The molecule has 0 spiro atoms. The highest BCUT2D eigenvalue weighted by molar-refractivity contribution is 5.87. The van der Waals surface area contributed by atoms with Crippen LogP contribution < -0.4 is 5.56 Å². The number of carbonyl (C=O) groups is 1. The third-order valence-electron chi connectivity index (χ3n) is 3.57. The quantitative estimate of drug-likeness (QED) is 0.917. The van der Waals surface area contributed by atoms with Gasteiger partial charge in [0.1, 0.15) is 5.56 Å². The highest BCUT2D eigenvalue weighted by Gasteiger charge is 2.39. The number of aryl methyl sites for hydroxylation is 1. The van der Waals surface area contributed by atoms with Gasteiger partial charge in [-0.25, -0.2) is 13.6 Å². The summed E-state index contributed by atoms with van der Waals surface area (Å²) >= 11 is 0.